The number of rotatable bonds is 7. The molecule has 12 nitrogen and oxygen atoms in total. The lowest BCUT2D eigenvalue weighted by atomic mass is 9.95. The van der Waals surface area contributed by atoms with Crippen molar-refractivity contribution in [1.29, 1.82) is 0 Å². The fourth-order valence-electron chi connectivity index (χ4n) is 3.68. The maximum Gasteiger partial charge on any atom is 0.343 e. The van der Waals surface area contributed by atoms with Crippen LogP contribution in [0.25, 0.3) is 0 Å². The number of carbonyl (C=O) groups excluding carboxylic acids is 3. The van der Waals surface area contributed by atoms with Crippen molar-refractivity contribution < 1.29 is 49.4 Å². The minimum atomic E-state index is -1.53. The number of hydrogen-bond donors (Lipinski definition) is 7. The number of aromatic carboxylic acids is 1. The molecular weight excluding hydrogens is 524 g/mol. The van der Waals surface area contributed by atoms with Gasteiger partial charge in [0.2, 0.25) is 5.78 Å². The molecule has 12 heteroatoms. The Labute approximate surface area is 225 Å². The average Bonchev–Trinajstić information content (AvgIpc) is 3.12. The van der Waals surface area contributed by atoms with Crippen LogP contribution in [0.15, 0.2) is 90.6 Å². The number of carboxylic acids is 1. The third-order valence-electron chi connectivity index (χ3n) is 5.57. The van der Waals surface area contributed by atoms with Crippen LogP contribution in [0.5, 0.6) is 23.0 Å². The quantitative estimate of drug-likeness (QED) is 0.170. The van der Waals surface area contributed by atoms with Crippen molar-refractivity contribution in [2.24, 2.45) is 0 Å². The van der Waals surface area contributed by atoms with Gasteiger partial charge in [-0.1, -0.05) is 6.07 Å². The Bertz CT molecular complexity index is 1610. The molecule has 7 N–H and O–H groups in total. The van der Waals surface area contributed by atoms with Crippen molar-refractivity contribution >= 4 is 23.6 Å². The van der Waals surface area contributed by atoms with Gasteiger partial charge in [-0.15, -0.1) is 0 Å². The standard InChI is InChI=1S/C28H20N2O10/c31-16-8-6-14(7-9-16)26(36)30-18-13-29-10-2-5-22(18)40-28(39)15-11-20(33)24(21(34)12-15)25(35)23-17(27(37)38)3-1-4-19(23)32/h1-13,29,31-34H,(H,30,36)(H,37,38). The van der Waals surface area contributed by atoms with Crippen molar-refractivity contribution in [3.8, 4) is 23.0 Å². The first kappa shape index (κ1) is 27.0. The van der Waals surface area contributed by atoms with Gasteiger partial charge in [0.15, 0.2) is 5.76 Å². The first-order valence-electron chi connectivity index (χ1n) is 11.4. The number of ketones is 1. The molecule has 1 heterocycles. The van der Waals surface area contributed by atoms with E-state index in [0.717, 1.165) is 24.3 Å². The van der Waals surface area contributed by atoms with Gasteiger partial charge in [0.05, 0.1) is 16.7 Å². The zero-order chi connectivity index (χ0) is 29.0. The Morgan fingerprint density at radius 1 is 0.800 bits per heavy atom. The van der Waals surface area contributed by atoms with Gasteiger partial charge in [-0.2, -0.15) is 0 Å². The minimum absolute atomic E-state index is 0.0345. The van der Waals surface area contributed by atoms with Crippen molar-refractivity contribution in [3.63, 3.8) is 0 Å². The van der Waals surface area contributed by atoms with Crippen molar-refractivity contribution in [3.05, 3.63) is 118 Å². The number of phenols is 4. The van der Waals surface area contributed by atoms with E-state index >= 15 is 0 Å². The zero-order valence-electron chi connectivity index (χ0n) is 20.3. The lowest BCUT2D eigenvalue weighted by molar-refractivity contribution is 0.0624. The number of amides is 1. The second kappa shape index (κ2) is 11.1. The average molecular weight is 544 g/mol. The third kappa shape index (κ3) is 5.60. The lowest BCUT2D eigenvalue weighted by Gasteiger charge is -2.15. The number of hydrogen-bond acceptors (Lipinski definition) is 10. The molecule has 0 radical (unpaired) electrons. The summed E-state index contributed by atoms with van der Waals surface area (Å²) in [6, 6.07) is 10.4. The highest BCUT2D eigenvalue weighted by Crippen LogP contribution is 2.35. The highest BCUT2D eigenvalue weighted by atomic mass is 16.5. The van der Waals surface area contributed by atoms with E-state index in [1.807, 2.05) is 0 Å². The Balaban J connectivity index is 1.59. The van der Waals surface area contributed by atoms with Gasteiger partial charge in [0.1, 0.15) is 34.3 Å². The molecular formula is C28H20N2O10. The van der Waals surface area contributed by atoms with E-state index in [2.05, 4.69) is 10.6 Å². The van der Waals surface area contributed by atoms with Gasteiger partial charge in [-0.05, 0) is 60.7 Å². The maximum atomic E-state index is 13.0. The summed E-state index contributed by atoms with van der Waals surface area (Å²) in [4.78, 5) is 50.1. The summed E-state index contributed by atoms with van der Waals surface area (Å²) in [7, 11) is 0. The summed E-state index contributed by atoms with van der Waals surface area (Å²) >= 11 is 0. The van der Waals surface area contributed by atoms with E-state index in [1.165, 1.54) is 54.9 Å². The predicted molar refractivity (Wildman–Crippen MR) is 138 cm³/mol. The fourth-order valence-corrected chi connectivity index (χ4v) is 3.68. The molecule has 202 valence electrons. The first-order chi connectivity index (χ1) is 19.1. The third-order valence-corrected chi connectivity index (χ3v) is 5.57. The minimum Gasteiger partial charge on any atom is -0.508 e. The van der Waals surface area contributed by atoms with E-state index in [4.69, 9.17) is 4.74 Å². The van der Waals surface area contributed by atoms with Crippen LogP contribution in [0.1, 0.15) is 47.0 Å². The van der Waals surface area contributed by atoms with E-state index in [-0.39, 0.29) is 22.8 Å². The van der Waals surface area contributed by atoms with Crippen molar-refractivity contribution in [1.82, 2.24) is 10.6 Å². The Morgan fingerprint density at radius 3 is 2.12 bits per heavy atom. The number of carbonyl (C=O) groups is 4. The molecule has 0 atom stereocenters. The number of ether oxygens (including phenoxy) is 1. The molecule has 3 aromatic carbocycles. The SMILES string of the molecule is O=C(NC1=CNC=CC=C1OC(=O)c1cc(O)c(C(=O)c2c(O)cccc2C(=O)O)c(O)c1)c1ccc(O)cc1. The Hall–Kier alpha value is -6.04. The molecule has 40 heavy (non-hydrogen) atoms. The molecule has 1 amide bonds. The molecule has 0 bridgehead atoms. The van der Waals surface area contributed by atoms with Gasteiger partial charge in [0, 0.05) is 18.0 Å². The van der Waals surface area contributed by atoms with Crippen LogP contribution in [0, 0.1) is 0 Å². The van der Waals surface area contributed by atoms with Crippen LogP contribution < -0.4 is 10.6 Å². The second-order valence-corrected chi connectivity index (χ2v) is 8.23. The van der Waals surface area contributed by atoms with E-state index < -0.39 is 63.1 Å². The summed E-state index contributed by atoms with van der Waals surface area (Å²) in [6.07, 6.45) is 5.64. The summed E-state index contributed by atoms with van der Waals surface area (Å²) in [6.45, 7) is 0. The molecule has 0 saturated carbocycles. The summed E-state index contributed by atoms with van der Waals surface area (Å²) in [5.74, 6) is -7.03. The summed E-state index contributed by atoms with van der Waals surface area (Å²) in [5.41, 5.74) is -2.14. The predicted octanol–water partition coefficient (Wildman–Crippen LogP) is 2.87. The van der Waals surface area contributed by atoms with Crippen LogP contribution in [0.2, 0.25) is 0 Å². The molecule has 0 unspecified atom stereocenters. The van der Waals surface area contributed by atoms with E-state index in [9.17, 15) is 44.7 Å². The topological polar surface area (TPSA) is 203 Å². The van der Waals surface area contributed by atoms with Crippen LogP contribution in [0.4, 0.5) is 0 Å². The monoisotopic (exact) mass is 544 g/mol. The van der Waals surface area contributed by atoms with Gasteiger partial charge in [-0.3, -0.25) is 9.59 Å². The second-order valence-electron chi connectivity index (χ2n) is 8.23. The molecule has 1 aliphatic heterocycles. The lowest BCUT2D eigenvalue weighted by Crippen LogP contribution is -2.26. The maximum absolute atomic E-state index is 13.0. The van der Waals surface area contributed by atoms with Crippen LogP contribution in [-0.2, 0) is 4.74 Å². The normalized spacial score (nSPS) is 12.3. The van der Waals surface area contributed by atoms with Crippen LogP contribution in [0.3, 0.4) is 0 Å². The number of phenolic OH excluding ortho intramolecular Hbond substituents is 4. The number of esters is 1. The Kier molecular flexibility index (Phi) is 7.53. The molecule has 0 fully saturated rings. The molecule has 3 aromatic rings. The van der Waals surface area contributed by atoms with Crippen molar-refractivity contribution in [2.45, 2.75) is 0 Å². The number of benzene rings is 3. The highest BCUT2D eigenvalue weighted by Gasteiger charge is 2.28. The zero-order valence-corrected chi connectivity index (χ0v) is 20.3. The number of nitrogens with one attached hydrogen (secondary N) is 2. The van der Waals surface area contributed by atoms with Crippen LogP contribution >= 0.6 is 0 Å². The van der Waals surface area contributed by atoms with Gasteiger partial charge in [0.25, 0.3) is 5.91 Å². The number of aromatic hydroxyl groups is 4. The van der Waals surface area contributed by atoms with Crippen LogP contribution in [-0.4, -0.2) is 49.2 Å². The van der Waals surface area contributed by atoms with Gasteiger partial charge in [-0.25, -0.2) is 9.59 Å². The fraction of sp³-hybridized carbons (Fsp3) is 0. The molecule has 0 aliphatic carbocycles. The molecule has 0 spiro atoms. The highest BCUT2D eigenvalue weighted by molar-refractivity contribution is 6.18. The van der Waals surface area contributed by atoms with E-state index in [1.54, 1.807) is 0 Å². The molecule has 1 aliphatic rings. The smallest absolute Gasteiger partial charge is 0.343 e. The first-order valence-corrected chi connectivity index (χ1v) is 11.4. The molecule has 0 aromatic heterocycles. The van der Waals surface area contributed by atoms with E-state index in [0.29, 0.717) is 0 Å². The van der Waals surface area contributed by atoms with Gasteiger partial charge < -0.3 is 40.9 Å². The number of carboxylic acid groups (broad SMARTS) is 1. The summed E-state index contributed by atoms with van der Waals surface area (Å²) < 4.78 is 5.37. The molecule has 0 saturated heterocycles. The largest absolute Gasteiger partial charge is 0.508 e. The number of allylic oxidation sites excluding steroid dienone is 2. The Morgan fingerprint density at radius 2 is 1.48 bits per heavy atom. The van der Waals surface area contributed by atoms with Gasteiger partial charge >= 0.3 is 11.9 Å². The summed E-state index contributed by atoms with van der Waals surface area (Å²) in [5, 5.41) is 55.2. The van der Waals surface area contributed by atoms with Crippen molar-refractivity contribution in [2.75, 3.05) is 0 Å². The molecule has 4 rings (SSSR count).